The molecule has 0 aliphatic carbocycles. The number of aliphatic imine (C=N–C) groups is 1. The molecule has 0 bridgehead atoms. The maximum atomic E-state index is 13.1. The molecule has 7 nitrogen and oxygen atoms in total. The molecule has 1 aromatic heterocycles. The summed E-state index contributed by atoms with van der Waals surface area (Å²) in [5.74, 6) is -0.466. The van der Waals surface area contributed by atoms with E-state index in [0.29, 0.717) is 24.2 Å². The van der Waals surface area contributed by atoms with E-state index in [-0.39, 0.29) is 24.9 Å². The summed E-state index contributed by atoms with van der Waals surface area (Å²) in [6.45, 7) is 8.51. The van der Waals surface area contributed by atoms with Gasteiger partial charge in [-0.2, -0.15) is 0 Å². The first-order valence-corrected chi connectivity index (χ1v) is 12.6. The summed E-state index contributed by atoms with van der Waals surface area (Å²) >= 11 is 1.47. The van der Waals surface area contributed by atoms with Crippen molar-refractivity contribution < 1.29 is 14.3 Å². The highest BCUT2D eigenvalue weighted by Gasteiger charge is 2.41. The molecule has 0 unspecified atom stereocenters. The van der Waals surface area contributed by atoms with E-state index in [2.05, 4.69) is 22.4 Å². The van der Waals surface area contributed by atoms with Gasteiger partial charge in [0, 0.05) is 30.6 Å². The third kappa shape index (κ3) is 5.48. The molecule has 0 saturated heterocycles. The Hall–Kier alpha value is -3.39. The van der Waals surface area contributed by atoms with Crippen LogP contribution in [0.3, 0.4) is 0 Å². The van der Waals surface area contributed by atoms with Crippen LogP contribution in [0.1, 0.15) is 48.7 Å². The van der Waals surface area contributed by atoms with Gasteiger partial charge in [-0.15, -0.1) is 0 Å². The number of aromatic nitrogens is 1. The first-order valence-electron chi connectivity index (χ1n) is 11.7. The van der Waals surface area contributed by atoms with Crippen molar-refractivity contribution in [3.63, 3.8) is 0 Å². The summed E-state index contributed by atoms with van der Waals surface area (Å²) in [4.78, 5) is 36.9. The number of hydrogen-bond donors (Lipinski definition) is 1. The second kappa shape index (κ2) is 10.9. The molecule has 0 spiro atoms. The summed E-state index contributed by atoms with van der Waals surface area (Å²) in [5.41, 5.74) is 6.10. The zero-order valence-electron chi connectivity index (χ0n) is 20.5. The molecule has 35 heavy (non-hydrogen) atoms. The Balaban J connectivity index is 1.58. The summed E-state index contributed by atoms with van der Waals surface area (Å²) in [7, 11) is 0. The molecular formula is C27H30N4O3S. The van der Waals surface area contributed by atoms with E-state index < -0.39 is 6.04 Å². The third-order valence-corrected chi connectivity index (χ3v) is 6.88. The summed E-state index contributed by atoms with van der Waals surface area (Å²) in [6, 6.07) is 11.5. The summed E-state index contributed by atoms with van der Waals surface area (Å²) < 4.78 is 5.42. The molecule has 2 aliphatic rings. The largest absolute Gasteiger partial charge is 0.463 e. The average molecular weight is 491 g/mol. The van der Waals surface area contributed by atoms with E-state index in [1.807, 2.05) is 55.3 Å². The minimum Gasteiger partial charge on any atom is -0.463 e. The number of aryl methyl sites for hydroxylation is 2. The van der Waals surface area contributed by atoms with Crippen molar-refractivity contribution in [2.45, 2.75) is 46.6 Å². The van der Waals surface area contributed by atoms with E-state index in [4.69, 9.17) is 9.73 Å². The number of allylic oxidation sites excluding steroid dienone is 1. The fourth-order valence-corrected chi connectivity index (χ4v) is 5.33. The number of esters is 1. The average Bonchev–Trinajstić information content (AvgIpc) is 3.21. The number of pyridine rings is 1. The van der Waals surface area contributed by atoms with Crippen molar-refractivity contribution in [1.29, 1.82) is 0 Å². The van der Waals surface area contributed by atoms with Crippen LogP contribution in [0.25, 0.3) is 0 Å². The van der Waals surface area contributed by atoms with Crippen LogP contribution in [0.2, 0.25) is 0 Å². The fourth-order valence-electron chi connectivity index (χ4n) is 4.37. The van der Waals surface area contributed by atoms with Gasteiger partial charge >= 0.3 is 5.97 Å². The van der Waals surface area contributed by atoms with E-state index in [9.17, 15) is 9.59 Å². The maximum absolute atomic E-state index is 13.1. The van der Waals surface area contributed by atoms with Gasteiger partial charge in [0.15, 0.2) is 5.17 Å². The first-order chi connectivity index (χ1) is 16.9. The van der Waals surface area contributed by atoms with Gasteiger partial charge in [-0.1, -0.05) is 41.6 Å². The molecule has 182 valence electrons. The third-order valence-electron chi connectivity index (χ3n) is 5.99. The van der Waals surface area contributed by atoms with Crippen molar-refractivity contribution >= 4 is 28.8 Å². The highest BCUT2D eigenvalue weighted by Crippen LogP contribution is 2.45. The first kappa shape index (κ1) is 24.7. The highest BCUT2D eigenvalue weighted by molar-refractivity contribution is 8.16. The number of nitrogens with one attached hydrogen (secondary N) is 1. The summed E-state index contributed by atoms with van der Waals surface area (Å²) in [6.07, 6.45) is 2.60. The molecule has 1 atom stereocenters. The minimum atomic E-state index is -0.412. The van der Waals surface area contributed by atoms with Gasteiger partial charge in [0.05, 0.1) is 30.3 Å². The number of thioether (sulfide) groups is 1. The number of benzene rings is 1. The monoisotopic (exact) mass is 490 g/mol. The number of carbonyl (C=O) groups excluding carboxylic acids is 2. The van der Waals surface area contributed by atoms with Crippen molar-refractivity contribution in [3.8, 4) is 0 Å². The standard InChI is InChI=1S/C27H30N4O3S/c1-5-34-26(33)24-19(4)30-27-31(25(24)22-10-9-17(2)14-18(22)3)21(16-35-27)15-23(32)29-13-11-20-8-6-7-12-28-20/h6-10,12,14,16,25H,5,11,13,15H2,1-4H3,(H,29,32)/t25-/m1/s1. The Labute approximate surface area is 210 Å². The molecule has 2 aromatic rings. The van der Waals surface area contributed by atoms with E-state index >= 15 is 0 Å². The molecule has 4 rings (SSSR count). The normalized spacial score (nSPS) is 17.0. The van der Waals surface area contributed by atoms with Gasteiger partial charge in [-0.25, -0.2) is 9.79 Å². The second-order valence-electron chi connectivity index (χ2n) is 8.57. The van der Waals surface area contributed by atoms with Crippen LogP contribution in [0.4, 0.5) is 0 Å². The van der Waals surface area contributed by atoms with Crippen LogP contribution in [-0.4, -0.2) is 40.1 Å². The van der Waals surface area contributed by atoms with Crippen LogP contribution in [0.15, 0.2) is 70.0 Å². The second-order valence-corrected chi connectivity index (χ2v) is 9.41. The van der Waals surface area contributed by atoms with Crippen LogP contribution in [0, 0.1) is 13.8 Å². The SMILES string of the molecule is CCOC(=O)C1=C(C)N=C2SC=C(CC(=O)NCCc3ccccn3)N2[C@@H]1c1ccc(C)cc1C. The molecule has 0 radical (unpaired) electrons. The van der Waals surface area contributed by atoms with Gasteiger partial charge < -0.3 is 15.0 Å². The van der Waals surface area contributed by atoms with Gasteiger partial charge in [0.2, 0.25) is 5.91 Å². The van der Waals surface area contributed by atoms with Crippen LogP contribution >= 0.6 is 11.8 Å². The smallest absolute Gasteiger partial charge is 0.338 e. The molecule has 0 fully saturated rings. The van der Waals surface area contributed by atoms with Gasteiger partial charge in [0.25, 0.3) is 0 Å². The van der Waals surface area contributed by atoms with Crippen LogP contribution in [0.5, 0.6) is 0 Å². The molecule has 8 heteroatoms. The predicted octanol–water partition coefficient (Wildman–Crippen LogP) is 4.59. The van der Waals surface area contributed by atoms with Crippen LogP contribution in [-0.2, 0) is 20.7 Å². The lowest BCUT2D eigenvalue weighted by Crippen LogP contribution is -2.38. The molecule has 2 aliphatic heterocycles. The Morgan fingerprint density at radius 1 is 1.17 bits per heavy atom. The lowest BCUT2D eigenvalue weighted by atomic mass is 9.90. The lowest BCUT2D eigenvalue weighted by Gasteiger charge is -2.37. The Kier molecular flexibility index (Phi) is 7.70. The van der Waals surface area contributed by atoms with Gasteiger partial charge in [-0.05, 0) is 56.4 Å². The van der Waals surface area contributed by atoms with Crippen LogP contribution < -0.4 is 5.32 Å². The zero-order chi connectivity index (χ0) is 24.9. The Morgan fingerprint density at radius 3 is 2.71 bits per heavy atom. The number of carbonyl (C=O) groups is 2. The van der Waals surface area contributed by atoms with E-state index in [1.165, 1.54) is 11.8 Å². The summed E-state index contributed by atoms with van der Waals surface area (Å²) in [5, 5.41) is 5.71. The number of hydrogen-bond acceptors (Lipinski definition) is 7. The number of ether oxygens (including phenoxy) is 1. The minimum absolute atomic E-state index is 0.0858. The Morgan fingerprint density at radius 2 is 2.00 bits per heavy atom. The number of rotatable bonds is 8. The molecule has 1 aromatic carbocycles. The quantitative estimate of drug-likeness (QED) is 0.545. The molecular weight excluding hydrogens is 460 g/mol. The number of nitrogens with zero attached hydrogens (tertiary/aromatic N) is 3. The lowest BCUT2D eigenvalue weighted by molar-refractivity contribution is -0.139. The van der Waals surface area contributed by atoms with Crippen molar-refractivity contribution in [2.24, 2.45) is 4.99 Å². The topological polar surface area (TPSA) is 83.9 Å². The molecule has 1 amide bonds. The fraction of sp³-hybridized carbons (Fsp3) is 0.333. The Bertz CT molecular complexity index is 1220. The molecule has 0 saturated carbocycles. The zero-order valence-corrected chi connectivity index (χ0v) is 21.3. The van der Waals surface area contributed by atoms with Gasteiger partial charge in [0.1, 0.15) is 0 Å². The van der Waals surface area contributed by atoms with Crippen molar-refractivity contribution in [1.82, 2.24) is 15.2 Å². The highest BCUT2D eigenvalue weighted by atomic mass is 32.2. The number of fused-ring (bicyclic) bond motifs is 1. The maximum Gasteiger partial charge on any atom is 0.338 e. The van der Waals surface area contributed by atoms with Crippen molar-refractivity contribution in [2.75, 3.05) is 13.2 Å². The molecule has 3 heterocycles. The van der Waals surface area contributed by atoms with Gasteiger partial charge in [-0.3, -0.25) is 9.78 Å². The van der Waals surface area contributed by atoms with Crippen molar-refractivity contribution in [3.05, 3.63) is 87.4 Å². The van der Waals surface area contributed by atoms with E-state index in [0.717, 1.165) is 33.2 Å². The number of amides is 1. The molecule has 1 N–H and O–H groups in total. The van der Waals surface area contributed by atoms with E-state index in [1.54, 1.807) is 13.1 Å². The number of amidine groups is 1. The predicted molar refractivity (Wildman–Crippen MR) is 139 cm³/mol.